The van der Waals surface area contributed by atoms with Crippen LogP contribution in [0.2, 0.25) is 0 Å². The van der Waals surface area contributed by atoms with E-state index >= 15 is 0 Å². The van der Waals surface area contributed by atoms with Crippen molar-refractivity contribution in [1.82, 2.24) is 16.0 Å². The molecule has 1 aliphatic rings. The number of fused-ring (bicyclic) bond motifs is 3. The maximum atomic E-state index is 12.4. The molecule has 0 heterocycles. The Morgan fingerprint density at radius 1 is 0.941 bits per heavy atom. The smallest absolute Gasteiger partial charge is 0.407 e. The van der Waals surface area contributed by atoms with Gasteiger partial charge in [0.25, 0.3) is 0 Å². The van der Waals surface area contributed by atoms with E-state index in [2.05, 4.69) is 16.0 Å². The molecular weight excluding hydrogens is 438 g/mol. The maximum absolute atomic E-state index is 12.4. The number of carboxylic acids is 1. The van der Waals surface area contributed by atoms with Crippen LogP contribution in [0.25, 0.3) is 11.1 Å². The lowest BCUT2D eigenvalue weighted by Crippen LogP contribution is -2.48. The van der Waals surface area contributed by atoms with Crippen LogP contribution >= 0.6 is 0 Å². The molecule has 0 unspecified atom stereocenters. The second-order valence-corrected chi connectivity index (χ2v) is 8.99. The molecule has 0 aromatic heterocycles. The van der Waals surface area contributed by atoms with Crippen LogP contribution in [0.1, 0.15) is 37.8 Å². The van der Waals surface area contributed by atoms with E-state index in [0.717, 1.165) is 22.3 Å². The summed E-state index contributed by atoms with van der Waals surface area (Å²) in [4.78, 5) is 35.5. The number of hydrogen-bond acceptors (Lipinski definition) is 6. The van der Waals surface area contributed by atoms with Crippen LogP contribution in [0, 0.1) is 0 Å². The molecule has 0 saturated carbocycles. The number of benzene rings is 2. The number of carbonyl (C=O) groups excluding carboxylic acids is 2. The summed E-state index contributed by atoms with van der Waals surface area (Å²) in [6.07, 6.45) is -1.36. The van der Waals surface area contributed by atoms with Gasteiger partial charge in [0.05, 0.1) is 0 Å². The number of ether oxygens (including phenoxy) is 2. The van der Waals surface area contributed by atoms with E-state index in [0.29, 0.717) is 6.54 Å². The van der Waals surface area contributed by atoms with E-state index in [4.69, 9.17) is 9.47 Å². The van der Waals surface area contributed by atoms with Crippen molar-refractivity contribution in [3.8, 4) is 11.1 Å². The highest BCUT2D eigenvalue weighted by molar-refractivity contribution is 5.81. The molecule has 1 aliphatic carbocycles. The first-order chi connectivity index (χ1) is 16.2. The summed E-state index contributed by atoms with van der Waals surface area (Å²) in [5.41, 5.74) is 3.77. The largest absolute Gasteiger partial charge is 0.480 e. The summed E-state index contributed by atoms with van der Waals surface area (Å²) in [5.74, 6) is -1.31. The fourth-order valence-electron chi connectivity index (χ4n) is 3.80. The van der Waals surface area contributed by atoms with E-state index in [1.165, 1.54) is 0 Å². The second-order valence-electron chi connectivity index (χ2n) is 8.99. The number of hydrogen-bond donors (Lipinski definition) is 4. The van der Waals surface area contributed by atoms with Crippen molar-refractivity contribution in [2.24, 2.45) is 0 Å². The molecule has 9 nitrogen and oxygen atoms in total. The number of amides is 2. The van der Waals surface area contributed by atoms with Crippen molar-refractivity contribution in [3.63, 3.8) is 0 Å². The zero-order valence-electron chi connectivity index (χ0n) is 19.6. The monoisotopic (exact) mass is 469 g/mol. The van der Waals surface area contributed by atoms with E-state index in [1.54, 1.807) is 20.8 Å². The van der Waals surface area contributed by atoms with Crippen LogP contribution in [0.4, 0.5) is 9.59 Å². The molecule has 1 atom stereocenters. The van der Waals surface area contributed by atoms with Gasteiger partial charge in [0.15, 0.2) is 0 Å². The summed E-state index contributed by atoms with van der Waals surface area (Å²) in [7, 11) is 0. The Balaban J connectivity index is 1.46. The zero-order valence-corrected chi connectivity index (χ0v) is 19.6. The molecule has 0 saturated heterocycles. The molecule has 182 valence electrons. The van der Waals surface area contributed by atoms with Crippen molar-refractivity contribution in [3.05, 3.63) is 59.7 Å². The Morgan fingerprint density at radius 2 is 1.53 bits per heavy atom. The van der Waals surface area contributed by atoms with E-state index in [1.807, 2.05) is 48.5 Å². The summed E-state index contributed by atoms with van der Waals surface area (Å²) >= 11 is 0. The molecule has 0 radical (unpaired) electrons. The fourth-order valence-corrected chi connectivity index (χ4v) is 3.80. The number of rotatable bonds is 9. The first kappa shape index (κ1) is 25.0. The normalized spacial score (nSPS) is 13.4. The predicted molar refractivity (Wildman–Crippen MR) is 127 cm³/mol. The minimum Gasteiger partial charge on any atom is -0.480 e. The highest BCUT2D eigenvalue weighted by Crippen LogP contribution is 2.44. The van der Waals surface area contributed by atoms with Crippen LogP contribution in [0.3, 0.4) is 0 Å². The van der Waals surface area contributed by atoms with Gasteiger partial charge in [-0.1, -0.05) is 48.5 Å². The number of alkyl carbamates (subject to hydrolysis) is 2. The molecule has 2 aromatic rings. The minimum absolute atomic E-state index is 0.0322. The summed E-state index contributed by atoms with van der Waals surface area (Å²) in [5, 5.41) is 17.3. The highest BCUT2D eigenvalue weighted by atomic mass is 16.6. The first-order valence-corrected chi connectivity index (χ1v) is 11.2. The van der Waals surface area contributed by atoms with Crippen LogP contribution in [0.15, 0.2) is 48.5 Å². The molecule has 0 bridgehead atoms. The predicted octanol–water partition coefficient (Wildman–Crippen LogP) is 3.09. The Hall–Kier alpha value is -3.59. The number of carbonyl (C=O) groups is 3. The molecule has 2 aromatic carbocycles. The third-order valence-corrected chi connectivity index (χ3v) is 5.25. The van der Waals surface area contributed by atoms with Gasteiger partial charge in [0.1, 0.15) is 18.2 Å². The van der Waals surface area contributed by atoms with Gasteiger partial charge in [-0.15, -0.1) is 0 Å². The standard InChI is InChI=1S/C25H31N3O6/c1-25(2,3)34-23(31)27-13-12-26-14-21(22(29)30)28-24(32)33-15-20-18-10-6-4-8-16(18)17-9-5-7-11-19(17)20/h4-11,20-21,26H,12-15H2,1-3H3,(H,27,31)(H,28,32)(H,29,30)/t21-/m0/s1. The zero-order chi connectivity index (χ0) is 24.7. The quantitative estimate of drug-likeness (QED) is 0.416. The fraction of sp³-hybridized carbons (Fsp3) is 0.400. The lowest BCUT2D eigenvalue weighted by atomic mass is 9.98. The number of nitrogens with one attached hydrogen (secondary N) is 3. The molecule has 0 fully saturated rings. The molecule has 2 amide bonds. The Labute approximate surface area is 198 Å². The van der Waals surface area contributed by atoms with Crippen molar-refractivity contribution < 1.29 is 29.0 Å². The molecule has 3 rings (SSSR count). The third kappa shape index (κ3) is 6.71. The lowest BCUT2D eigenvalue weighted by Gasteiger charge is -2.20. The topological polar surface area (TPSA) is 126 Å². The number of carboxylic acid groups (broad SMARTS) is 1. The molecule has 0 spiro atoms. The molecule has 4 N–H and O–H groups in total. The third-order valence-electron chi connectivity index (χ3n) is 5.25. The lowest BCUT2D eigenvalue weighted by molar-refractivity contribution is -0.139. The van der Waals surface area contributed by atoms with Crippen LogP contribution < -0.4 is 16.0 Å². The van der Waals surface area contributed by atoms with Gasteiger partial charge >= 0.3 is 18.2 Å². The van der Waals surface area contributed by atoms with Crippen molar-refractivity contribution >= 4 is 18.2 Å². The van der Waals surface area contributed by atoms with Gasteiger partial charge in [-0.2, -0.15) is 0 Å². The molecule has 0 aliphatic heterocycles. The summed E-state index contributed by atoms with van der Waals surface area (Å²) < 4.78 is 10.5. The average molecular weight is 470 g/mol. The maximum Gasteiger partial charge on any atom is 0.407 e. The Morgan fingerprint density at radius 3 is 2.09 bits per heavy atom. The van der Waals surface area contributed by atoms with Gasteiger partial charge in [0.2, 0.25) is 0 Å². The highest BCUT2D eigenvalue weighted by Gasteiger charge is 2.29. The Kier molecular flexibility index (Phi) is 8.12. The Bertz CT molecular complexity index is 988. The van der Waals surface area contributed by atoms with Crippen LogP contribution in [-0.4, -0.2) is 61.1 Å². The molecule has 9 heteroatoms. The van der Waals surface area contributed by atoms with Crippen molar-refractivity contribution in [2.75, 3.05) is 26.2 Å². The van der Waals surface area contributed by atoms with E-state index < -0.39 is 29.8 Å². The summed E-state index contributed by atoms with van der Waals surface area (Å²) in [6.45, 7) is 5.89. The van der Waals surface area contributed by atoms with Gasteiger partial charge in [0, 0.05) is 25.6 Å². The number of aliphatic carboxylic acids is 1. The van der Waals surface area contributed by atoms with E-state index in [-0.39, 0.29) is 25.6 Å². The second kappa shape index (κ2) is 11.0. The van der Waals surface area contributed by atoms with Gasteiger partial charge < -0.3 is 30.5 Å². The molecule has 34 heavy (non-hydrogen) atoms. The van der Waals surface area contributed by atoms with E-state index in [9.17, 15) is 19.5 Å². The van der Waals surface area contributed by atoms with Crippen molar-refractivity contribution in [1.29, 1.82) is 0 Å². The first-order valence-electron chi connectivity index (χ1n) is 11.2. The minimum atomic E-state index is -1.19. The summed E-state index contributed by atoms with van der Waals surface area (Å²) in [6, 6.07) is 14.8. The van der Waals surface area contributed by atoms with Crippen LogP contribution in [-0.2, 0) is 14.3 Å². The average Bonchev–Trinajstić information content (AvgIpc) is 3.09. The SMILES string of the molecule is CC(C)(C)OC(=O)NCCNC[C@H](NC(=O)OCC1c2ccccc2-c2ccccc21)C(=O)O. The van der Waals surface area contributed by atoms with Gasteiger partial charge in [-0.05, 0) is 43.0 Å². The van der Waals surface area contributed by atoms with Crippen molar-refractivity contribution in [2.45, 2.75) is 38.3 Å². The van der Waals surface area contributed by atoms with Gasteiger partial charge in [-0.25, -0.2) is 14.4 Å². The molecular formula is C25H31N3O6. The van der Waals surface area contributed by atoms with Crippen LogP contribution in [0.5, 0.6) is 0 Å². The van der Waals surface area contributed by atoms with Gasteiger partial charge in [-0.3, -0.25) is 0 Å².